The van der Waals surface area contributed by atoms with Gasteiger partial charge >= 0.3 is 6.09 Å². The molecule has 0 bridgehead atoms. The summed E-state index contributed by atoms with van der Waals surface area (Å²) in [5, 5.41) is 2.45. The monoisotopic (exact) mass is 425 g/mol. The molecule has 0 atom stereocenters. The van der Waals surface area contributed by atoms with E-state index in [9.17, 15) is 4.79 Å². The van der Waals surface area contributed by atoms with Crippen LogP contribution >= 0.6 is 22.6 Å². The molecule has 0 radical (unpaired) electrons. The number of carbonyl (C=O) groups excluding carboxylic acids is 1. The zero-order chi connectivity index (χ0) is 17.0. The number of amides is 1. The van der Waals surface area contributed by atoms with Gasteiger partial charge in [-0.15, -0.1) is 0 Å². The van der Waals surface area contributed by atoms with Crippen LogP contribution in [0, 0.1) is 24.3 Å². The molecule has 0 unspecified atom stereocenters. The second kappa shape index (κ2) is 7.68. The number of ether oxygens (including phenoxy) is 2. The first-order valence-corrected chi connectivity index (χ1v) is 8.38. The van der Waals surface area contributed by atoms with Crippen LogP contribution in [-0.2, 0) is 6.61 Å². The minimum atomic E-state index is -0.490. The molecule has 2 aromatic rings. The quantitative estimate of drug-likeness (QED) is 0.734. The summed E-state index contributed by atoms with van der Waals surface area (Å²) in [5.41, 5.74) is 4.38. The molecule has 0 fully saturated rings. The van der Waals surface area contributed by atoms with Gasteiger partial charge < -0.3 is 14.8 Å². The molecule has 2 rings (SSSR count). The Morgan fingerprint density at radius 3 is 2.48 bits per heavy atom. The second-order valence-electron chi connectivity index (χ2n) is 5.35. The normalized spacial score (nSPS) is 10.3. The second-order valence-corrected chi connectivity index (χ2v) is 6.51. The zero-order valence-electron chi connectivity index (χ0n) is 13.7. The maximum atomic E-state index is 11.5. The molecule has 2 aromatic carbocycles. The van der Waals surface area contributed by atoms with Gasteiger partial charge in [0.05, 0.1) is 0 Å². The van der Waals surface area contributed by atoms with E-state index in [0.717, 1.165) is 20.4 Å². The van der Waals surface area contributed by atoms with E-state index < -0.39 is 6.09 Å². The van der Waals surface area contributed by atoms with Gasteiger partial charge in [-0.05, 0) is 78.3 Å². The van der Waals surface area contributed by atoms with Gasteiger partial charge in [0.2, 0.25) is 0 Å². The molecule has 23 heavy (non-hydrogen) atoms. The van der Waals surface area contributed by atoms with Crippen molar-refractivity contribution in [2.75, 3.05) is 7.05 Å². The van der Waals surface area contributed by atoms with Crippen molar-refractivity contribution in [2.45, 2.75) is 27.4 Å². The van der Waals surface area contributed by atoms with Crippen molar-refractivity contribution in [3.8, 4) is 11.5 Å². The Labute approximate surface area is 150 Å². The molecule has 0 spiro atoms. The van der Waals surface area contributed by atoms with Gasteiger partial charge in [0.1, 0.15) is 18.1 Å². The fraction of sp³-hybridized carbons (Fsp3) is 0.278. The fourth-order valence-electron chi connectivity index (χ4n) is 2.16. The molecule has 4 nitrogen and oxygen atoms in total. The number of hydrogen-bond donors (Lipinski definition) is 1. The van der Waals surface area contributed by atoms with Crippen molar-refractivity contribution in [2.24, 2.45) is 0 Å². The average molecular weight is 425 g/mol. The zero-order valence-corrected chi connectivity index (χ0v) is 15.9. The van der Waals surface area contributed by atoms with Crippen molar-refractivity contribution in [1.29, 1.82) is 0 Å². The van der Waals surface area contributed by atoms with Gasteiger partial charge in [0.25, 0.3) is 0 Å². The molecule has 5 heteroatoms. The molecule has 0 saturated carbocycles. The van der Waals surface area contributed by atoms with Crippen LogP contribution in [-0.4, -0.2) is 13.1 Å². The van der Waals surface area contributed by atoms with Crippen LogP contribution in [0.4, 0.5) is 4.79 Å². The molecular formula is C18H20INO3. The van der Waals surface area contributed by atoms with Gasteiger partial charge in [0.15, 0.2) is 0 Å². The Balaban J connectivity index is 2.23. The van der Waals surface area contributed by atoms with Gasteiger partial charge in [-0.2, -0.15) is 0 Å². The third-order valence-corrected chi connectivity index (χ3v) is 4.66. The number of nitrogens with one attached hydrogen (secondary N) is 1. The number of rotatable bonds is 4. The highest BCUT2D eigenvalue weighted by molar-refractivity contribution is 14.1. The molecule has 0 heterocycles. The van der Waals surface area contributed by atoms with Crippen LogP contribution in [0.1, 0.15) is 22.3 Å². The van der Waals surface area contributed by atoms with Crippen molar-refractivity contribution < 1.29 is 14.3 Å². The van der Waals surface area contributed by atoms with E-state index >= 15 is 0 Å². The maximum absolute atomic E-state index is 11.5. The van der Waals surface area contributed by atoms with Crippen molar-refractivity contribution in [3.05, 3.63) is 56.2 Å². The van der Waals surface area contributed by atoms with Gasteiger partial charge in [-0.25, -0.2) is 4.79 Å². The van der Waals surface area contributed by atoms with Crippen LogP contribution in [0.2, 0.25) is 0 Å². The molecular weight excluding hydrogens is 405 g/mol. The highest BCUT2D eigenvalue weighted by Gasteiger charge is 2.13. The summed E-state index contributed by atoms with van der Waals surface area (Å²) in [5.74, 6) is 1.36. The van der Waals surface area contributed by atoms with E-state index in [0.29, 0.717) is 12.4 Å². The standard InChI is InChI=1S/C18H20INO3/c1-11-8-13(3)17(9-12(11)2)22-10-14-15(19)6-5-7-16(14)23-18(21)20-4/h5-9H,10H2,1-4H3,(H,20,21). The van der Waals surface area contributed by atoms with Crippen LogP contribution in [0.5, 0.6) is 11.5 Å². The lowest BCUT2D eigenvalue weighted by atomic mass is 10.1. The van der Waals surface area contributed by atoms with Gasteiger partial charge in [0, 0.05) is 16.2 Å². The van der Waals surface area contributed by atoms with Crippen molar-refractivity contribution >= 4 is 28.7 Å². The minimum absolute atomic E-state index is 0.342. The van der Waals surface area contributed by atoms with Crippen molar-refractivity contribution in [1.82, 2.24) is 5.32 Å². The molecule has 0 aliphatic rings. The van der Waals surface area contributed by atoms with E-state index in [2.05, 4.69) is 47.8 Å². The van der Waals surface area contributed by atoms with Crippen molar-refractivity contribution in [3.63, 3.8) is 0 Å². The molecule has 1 N–H and O–H groups in total. The first kappa shape index (κ1) is 17.6. The number of hydrogen-bond acceptors (Lipinski definition) is 3. The van der Waals surface area contributed by atoms with E-state index in [4.69, 9.17) is 9.47 Å². The molecule has 0 saturated heterocycles. The third-order valence-electron chi connectivity index (χ3n) is 3.65. The van der Waals surface area contributed by atoms with Gasteiger partial charge in [-0.1, -0.05) is 12.1 Å². The fourth-order valence-corrected chi connectivity index (χ4v) is 2.79. The molecule has 0 aromatic heterocycles. The summed E-state index contributed by atoms with van der Waals surface area (Å²) < 4.78 is 12.3. The summed E-state index contributed by atoms with van der Waals surface area (Å²) in [6.07, 6.45) is -0.490. The lowest BCUT2D eigenvalue weighted by Crippen LogP contribution is -2.23. The first-order chi connectivity index (χ1) is 10.9. The maximum Gasteiger partial charge on any atom is 0.412 e. The Hall–Kier alpha value is -1.76. The largest absolute Gasteiger partial charge is 0.488 e. The summed E-state index contributed by atoms with van der Waals surface area (Å²) in [7, 11) is 1.53. The summed E-state index contributed by atoms with van der Waals surface area (Å²) in [6, 6.07) is 9.74. The Bertz CT molecular complexity index is 728. The average Bonchev–Trinajstić information content (AvgIpc) is 2.51. The van der Waals surface area contributed by atoms with Gasteiger partial charge in [-0.3, -0.25) is 0 Å². The Morgan fingerprint density at radius 1 is 1.09 bits per heavy atom. The Kier molecular flexibility index (Phi) is 5.87. The lowest BCUT2D eigenvalue weighted by molar-refractivity contribution is 0.201. The molecule has 0 aliphatic carbocycles. The van der Waals surface area contributed by atoms with E-state index in [-0.39, 0.29) is 0 Å². The first-order valence-electron chi connectivity index (χ1n) is 7.30. The Morgan fingerprint density at radius 2 is 1.78 bits per heavy atom. The molecule has 122 valence electrons. The molecule has 0 aliphatic heterocycles. The predicted molar refractivity (Wildman–Crippen MR) is 99.2 cm³/mol. The van der Waals surface area contributed by atoms with Crippen LogP contribution in [0.25, 0.3) is 0 Å². The highest BCUT2D eigenvalue weighted by Crippen LogP contribution is 2.28. The number of aryl methyl sites for hydroxylation is 3. The van der Waals surface area contributed by atoms with E-state index in [1.807, 2.05) is 25.1 Å². The number of benzene rings is 2. The number of halogens is 1. The summed E-state index contributed by atoms with van der Waals surface area (Å²) in [4.78, 5) is 11.5. The van der Waals surface area contributed by atoms with E-state index in [1.54, 1.807) is 6.07 Å². The topological polar surface area (TPSA) is 47.6 Å². The van der Waals surface area contributed by atoms with E-state index in [1.165, 1.54) is 18.2 Å². The van der Waals surface area contributed by atoms with Crippen LogP contribution < -0.4 is 14.8 Å². The predicted octanol–water partition coefficient (Wildman–Crippen LogP) is 4.51. The third kappa shape index (κ3) is 4.37. The highest BCUT2D eigenvalue weighted by atomic mass is 127. The SMILES string of the molecule is CNC(=O)Oc1cccc(I)c1COc1cc(C)c(C)cc1C. The number of carbonyl (C=O) groups is 1. The van der Waals surface area contributed by atoms with Crippen LogP contribution in [0.15, 0.2) is 30.3 Å². The molecule has 1 amide bonds. The summed E-state index contributed by atoms with van der Waals surface area (Å²) >= 11 is 2.22. The van der Waals surface area contributed by atoms with Crippen LogP contribution in [0.3, 0.4) is 0 Å². The lowest BCUT2D eigenvalue weighted by Gasteiger charge is -2.15. The minimum Gasteiger partial charge on any atom is -0.488 e. The smallest absolute Gasteiger partial charge is 0.412 e. The summed E-state index contributed by atoms with van der Waals surface area (Å²) in [6.45, 7) is 6.52.